The largest absolute Gasteiger partial charge is 0.480 e. The zero-order chi connectivity index (χ0) is 13.7. The number of amides is 2. The number of nitrogens with zero attached hydrogens (tertiary/aromatic N) is 2. The zero-order valence-electron chi connectivity index (χ0n) is 10.8. The molecule has 0 aliphatic heterocycles. The van der Waals surface area contributed by atoms with E-state index in [0.29, 0.717) is 24.3 Å². The maximum atomic E-state index is 12.0. The van der Waals surface area contributed by atoms with Gasteiger partial charge in [-0.25, -0.2) is 4.79 Å². The fourth-order valence-electron chi connectivity index (χ4n) is 1.61. The van der Waals surface area contributed by atoms with Crippen molar-refractivity contribution in [3.63, 3.8) is 0 Å². The van der Waals surface area contributed by atoms with Gasteiger partial charge in [0.15, 0.2) is 0 Å². The van der Waals surface area contributed by atoms with E-state index < -0.39 is 12.0 Å². The molecule has 1 heterocycles. The first-order chi connectivity index (χ1) is 8.45. The van der Waals surface area contributed by atoms with E-state index in [2.05, 4.69) is 15.5 Å². The normalized spacial score (nSPS) is 10.2. The number of aromatic amines is 1. The lowest BCUT2D eigenvalue weighted by Crippen LogP contribution is -2.39. The molecular weight excluding hydrogens is 236 g/mol. The number of aryl methyl sites for hydroxylation is 2. The van der Waals surface area contributed by atoms with Crippen LogP contribution in [0.5, 0.6) is 0 Å². The summed E-state index contributed by atoms with van der Waals surface area (Å²) < 4.78 is 0. The molecule has 18 heavy (non-hydrogen) atoms. The van der Waals surface area contributed by atoms with Gasteiger partial charge in [-0.1, -0.05) is 6.92 Å². The van der Waals surface area contributed by atoms with Crippen LogP contribution in [0.4, 0.5) is 10.5 Å². The van der Waals surface area contributed by atoms with Crippen molar-refractivity contribution in [3.8, 4) is 0 Å². The SMILES string of the molecule is CCCN(CC(=O)O)C(=O)Nc1c(C)n[nH]c1C. The summed E-state index contributed by atoms with van der Waals surface area (Å²) in [6, 6.07) is -0.424. The van der Waals surface area contributed by atoms with E-state index >= 15 is 0 Å². The summed E-state index contributed by atoms with van der Waals surface area (Å²) in [7, 11) is 0. The van der Waals surface area contributed by atoms with Crippen molar-refractivity contribution >= 4 is 17.7 Å². The Bertz CT molecular complexity index is 422. The number of anilines is 1. The van der Waals surface area contributed by atoms with Crippen LogP contribution in [0.25, 0.3) is 0 Å². The van der Waals surface area contributed by atoms with Crippen LogP contribution in [0, 0.1) is 13.8 Å². The number of carboxylic acids is 1. The Morgan fingerprint density at radius 2 is 2.11 bits per heavy atom. The number of aromatic nitrogens is 2. The second kappa shape index (κ2) is 6.04. The highest BCUT2D eigenvalue weighted by Crippen LogP contribution is 2.16. The summed E-state index contributed by atoms with van der Waals surface area (Å²) in [6.07, 6.45) is 0.698. The average Bonchev–Trinajstić information content (AvgIpc) is 2.59. The standard InChI is InChI=1S/C11H18N4O3/c1-4-5-15(6-9(16)17)11(18)12-10-7(2)13-14-8(10)3/h4-6H2,1-3H3,(H,12,18)(H,13,14)(H,16,17). The van der Waals surface area contributed by atoms with Crippen LogP contribution in [-0.2, 0) is 4.79 Å². The highest BCUT2D eigenvalue weighted by atomic mass is 16.4. The minimum atomic E-state index is -1.03. The number of carbonyl (C=O) groups excluding carboxylic acids is 1. The lowest BCUT2D eigenvalue weighted by molar-refractivity contribution is -0.137. The number of hydrogen-bond acceptors (Lipinski definition) is 3. The van der Waals surface area contributed by atoms with Crippen molar-refractivity contribution in [1.82, 2.24) is 15.1 Å². The average molecular weight is 254 g/mol. The van der Waals surface area contributed by atoms with Crippen molar-refractivity contribution in [2.24, 2.45) is 0 Å². The molecule has 0 spiro atoms. The third-order valence-corrected chi connectivity index (χ3v) is 2.47. The Labute approximate surface area is 105 Å². The van der Waals surface area contributed by atoms with Gasteiger partial charge in [-0.2, -0.15) is 5.10 Å². The molecule has 0 radical (unpaired) electrons. The van der Waals surface area contributed by atoms with Crippen LogP contribution in [0.3, 0.4) is 0 Å². The molecule has 0 atom stereocenters. The Morgan fingerprint density at radius 1 is 1.44 bits per heavy atom. The molecule has 7 nitrogen and oxygen atoms in total. The Morgan fingerprint density at radius 3 is 2.56 bits per heavy atom. The highest BCUT2D eigenvalue weighted by Gasteiger charge is 2.18. The van der Waals surface area contributed by atoms with Crippen LogP contribution >= 0.6 is 0 Å². The molecule has 7 heteroatoms. The van der Waals surface area contributed by atoms with Crippen LogP contribution in [0.2, 0.25) is 0 Å². The molecule has 3 N–H and O–H groups in total. The molecule has 1 rings (SSSR count). The van der Waals surface area contributed by atoms with Gasteiger partial charge >= 0.3 is 12.0 Å². The molecule has 2 amide bonds. The first-order valence-electron chi connectivity index (χ1n) is 5.75. The van der Waals surface area contributed by atoms with Gasteiger partial charge in [-0.15, -0.1) is 0 Å². The summed E-state index contributed by atoms with van der Waals surface area (Å²) in [4.78, 5) is 23.9. The number of rotatable bonds is 5. The third-order valence-electron chi connectivity index (χ3n) is 2.47. The van der Waals surface area contributed by atoms with Gasteiger partial charge < -0.3 is 15.3 Å². The molecule has 100 valence electrons. The quantitative estimate of drug-likeness (QED) is 0.738. The number of carbonyl (C=O) groups is 2. The summed E-state index contributed by atoms with van der Waals surface area (Å²) in [5.41, 5.74) is 2.02. The maximum absolute atomic E-state index is 12.0. The predicted molar refractivity (Wildman–Crippen MR) is 66.6 cm³/mol. The van der Waals surface area contributed by atoms with E-state index in [9.17, 15) is 9.59 Å². The molecular formula is C11H18N4O3. The second-order valence-electron chi connectivity index (χ2n) is 4.05. The number of nitrogens with one attached hydrogen (secondary N) is 2. The summed E-state index contributed by atoms with van der Waals surface area (Å²) >= 11 is 0. The third kappa shape index (κ3) is 3.47. The van der Waals surface area contributed by atoms with E-state index in [4.69, 9.17) is 5.11 Å². The number of urea groups is 1. The molecule has 0 fully saturated rings. The lowest BCUT2D eigenvalue weighted by Gasteiger charge is -2.20. The van der Waals surface area contributed by atoms with Gasteiger partial charge in [0.25, 0.3) is 0 Å². The smallest absolute Gasteiger partial charge is 0.323 e. The summed E-state index contributed by atoms with van der Waals surface area (Å²) in [6.45, 7) is 5.53. The zero-order valence-corrected chi connectivity index (χ0v) is 10.8. The number of hydrogen-bond donors (Lipinski definition) is 3. The second-order valence-corrected chi connectivity index (χ2v) is 4.05. The van der Waals surface area contributed by atoms with Crippen LogP contribution < -0.4 is 5.32 Å². The number of H-pyrrole nitrogens is 1. The molecule has 0 aliphatic carbocycles. The van der Waals surface area contributed by atoms with Crippen LogP contribution in [-0.4, -0.2) is 45.3 Å². The Balaban J connectivity index is 2.75. The van der Waals surface area contributed by atoms with Crippen molar-refractivity contribution in [2.45, 2.75) is 27.2 Å². The van der Waals surface area contributed by atoms with Gasteiger partial charge in [0.2, 0.25) is 0 Å². The van der Waals surface area contributed by atoms with Crippen molar-refractivity contribution < 1.29 is 14.7 Å². The first-order valence-corrected chi connectivity index (χ1v) is 5.75. The molecule has 0 bridgehead atoms. The lowest BCUT2D eigenvalue weighted by atomic mass is 10.3. The maximum Gasteiger partial charge on any atom is 0.323 e. The molecule has 0 aromatic carbocycles. The van der Waals surface area contributed by atoms with E-state index in [1.54, 1.807) is 13.8 Å². The van der Waals surface area contributed by atoms with E-state index in [0.717, 1.165) is 5.69 Å². The molecule has 1 aromatic rings. The van der Waals surface area contributed by atoms with Gasteiger partial charge in [-0.05, 0) is 20.3 Å². The van der Waals surface area contributed by atoms with Crippen molar-refractivity contribution in [3.05, 3.63) is 11.4 Å². The fraction of sp³-hybridized carbons (Fsp3) is 0.545. The van der Waals surface area contributed by atoms with E-state index in [-0.39, 0.29) is 6.54 Å². The first kappa shape index (κ1) is 14.0. The number of aliphatic carboxylic acids is 1. The van der Waals surface area contributed by atoms with E-state index in [1.165, 1.54) is 4.90 Å². The Kier molecular flexibility index (Phi) is 4.70. The van der Waals surface area contributed by atoms with Gasteiger partial charge in [0, 0.05) is 6.54 Å². The Hall–Kier alpha value is -2.05. The highest BCUT2D eigenvalue weighted by molar-refractivity contribution is 5.92. The van der Waals surface area contributed by atoms with Gasteiger partial charge in [0.05, 0.1) is 17.1 Å². The summed E-state index contributed by atoms with van der Waals surface area (Å²) in [5, 5.41) is 18.1. The predicted octanol–water partition coefficient (Wildman–Crippen LogP) is 1.36. The molecule has 0 unspecified atom stereocenters. The van der Waals surface area contributed by atoms with Gasteiger partial charge in [-0.3, -0.25) is 9.89 Å². The van der Waals surface area contributed by atoms with Gasteiger partial charge in [0.1, 0.15) is 6.54 Å². The topological polar surface area (TPSA) is 98.3 Å². The minimum Gasteiger partial charge on any atom is -0.480 e. The summed E-state index contributed by atoms with van der Waals surface area (Å²) in [5.74, 6) is -1.03. The molecule has 0 saturated heterocycles. The van der Waals surface area contributed by atoms with Crippen LogP contribution in [0.1, 0.15) is 24.7 Å². The van der Waals surface area contributed by atoms with E-state index in [1.807, 2.05) is 6.92 Å². The molecule has 0 saturated carbocycles. The number of carboxylic acid groups (broad SMARTS) is 1. The monoisotopic (exact) mass is 254 g/mol. The van der Waals surface area contributed by atoms with Crippen molar-refractivity contribution in [2.75, 3.05) is 18.4 Å². The molecule has 1 aromatic heterocycles. The minimum absolute atomic E-state index is 0.310. The fourth-order valence-corrected chi connectivity index (χ4v) is 1.61. The van der Waals surface area contributed by atoms with Crippen LogP contribution in [0.15, 0.2) is 0 Å². The molecule has 0 aliphatic rings. The van der Waals surface area contributed by atoms with Crippen molar-refractivity contribution in [1.29, 1.82) is 0 Å².